The Morgan fingerprint density at radius 2 is 1.55 bits per heavy atom. The van der Waals surface area contributed by atoms with Crippen molar-refractivity contribution in [1.29, 1.82) is 0 Å². The van der Waals surface area contributed by atoms with E-state index in [0.717, 1.165) is 44.6 Å². The molecule has 0 saturated carbocycles. The van der Waals surface area contributed by atoms with Crippen LogP contribution in [0.4, 0.5) is 0 Å². The van der Waals surface area contributed by atoms with Crippen LogP contribution in [-0.4, -0.2) is 54.5 Å². The third kappa shape index (κ3) is 5.16. The van der Waals surface area contributed by atoms with E-state index in [1.165, 1.54) is 11.1 Å². The fourth-order valence-electron chi connectivity index (χ4n) is 4.74. The lowest BCUT2D eigenvalue weighted by molar-refractivity contribution is -0.145. The summed E-state index contributed by atoms with van der Waals surface area (Å²) < 4.78 is 0. The van der Waals surface area contributed by atoms with E-state index in [9.17, 15) is 4.79 Å². The van der Waals surface area contributed by atoms with Gasteiger partial charge in [0.2, 0.25) is 5.91 Å². The highest BCUT2D eigenvalue weighted by Crippen LogP contribution is 2.38. The van der Waals surface area contributed by atoms with Crippen molar-refractivity contribution >= 4 is 53.9 Å². The summed E-state index contributed by atoms with van der Waals surface area (Å²) in [6, 6.07) is 13.8. The maximum absolute atomic E-state index is 14.0. The monoisotopic (exact) mass is 503 g/mol. The normalized spacial score (nSPS) is 18.3. The second-order valence-corrected chi connectivity index (χ2v) is 9.06. The minimum atomic E-state index is -0.531. The predicted molar refractivity (Wildman–Crippen MR) is 133 cm³/mol. The van der Waals surface area contributed by atoms with Gasteiger partial charge in [-0.3, -0.25) is 9.69 Å². The van der Waals surface area contributed by atoms with Crippen LogP contribution in [-0.2, 0) is 17.6 Å². The molecule has 0 bridgehead atoms. The van der Waals surface area contributed by atoms with Gasteiger partial charge >= 0.3 is 0 Å². The van der Waals surface area contributed by atoms with Gasteiger partial charge in [-0.25, -0.2) is 0 Å². The number of benzene rings is 2. The van der Waals surface area contributed by atoms with Crippen molar-refractivity contribution < 1.29 is 4.79 Å². The van der Waals surface area contributed by atoms with Gasteiger partial charge in [-0.15, -0.1) is 24.8 Å². The summed E-state index contributed by atoms with van der Waals surface area (Å²) in [6.45, 7) is 5.62. The Morgan fingerprint density at radius 1 is 1.03 bits per heavy atom. The number of hydrogen-bond acceptors (Lipinski definition) is 3. The smallest absolute Gasteiger partial charge is 0.244 e. The molecule has 2 aromatic carbocycles. The average molecular weight is 505 g/mol. The maximum atomic E-state index is 14.0. The van der Waals surface area contributed by atoms with Crippen LogP contribution < -0.4 is 5.32 Å². The van der Waals surface area contributed by atoms with Crippen LogP contribution in [0.15, 0.2) is 42.5 Å². The Kier molecular flexibility index (Phi) is 9.09. The van der Waals surface area contributed by atoms with E-state index in [0.29, 0.717) is 10.0 Å². The van der Waals surface area contributed by atoms with Crippen molar-refractivity contribution in [3.63, 3.8) is 0 Å². The highest BCUT2D eigenvalue weighted by Gasteiger charge is 2.50. The van der Waals surface area contributed by atoms with Gasteiger partial charge in [0.25, 0.3) is 0 Å². The van der Waals surface area contributed by atoms with Gasteiger partial charge in [-0.1, -0.05) is 47.5 Å². The number of nitrogens with zero attached hydrogens (tertiary/aromatic N) is 2. The van der Waals surface area contributed by atoms with Crippen molar-refractivity contribution in [2.24, 2.45) is 0 Å². The lowest BCUT2D eigenvalue weighted by Gasteiger charge is -2.45. The molecule has 1 fully saturated rings. The van der Waals surface area contributed by atoms with Crippen molar-refractivity contribution in [3.8, 4) is 0 Å². The van der Waals surface area contributed by atoms with Crippen molar-refractivity contribution in [2.75, 3.05) is 33.2 Å². The summed E-state index contributed by atoms with van der Waals surface area (Å²) in [4.78, 5) is 18.3. The van der Waals surface area contributed by atoms with Crippen LogP contribution in [0, 0.1) is 0 Å². The van der Waals surface area contributed by atoms with E-state index in [1.54, 1.807) is 6.07 Å². The topological polar surface area (TPSA) is 35.6 Å². The second kappa shape index (κ2) is 10.7. The van der Waals surface area contributed by atoms with Gasteiger partial charge in [0.1, 0.15) is 5.54 Å². The molecule has 1 atom stereocenters. The number of carbonyl (C=O) groups excluding carboxylic acids is 1. The maximum Gasteiger partial charge on any atom is 0.244 e. The summed E-state index contributed by atoms with van der Waals surface area (Å²) in [6.07, 6.45) is 1.52. The Labute approximate surface area is 207 Å². The molecule has 2 aromatic rings. The number of halogens is 4. The SMILES string of the molecule is C[C@@H](c1cc(Cl)cc(Cl)c1)N(C)C(=O)C1(N2CCNCC2)Cc2ccccc2C1.Cl.Cl. The van der Waals surface area contributed by atoms with Crippen molar-refractivity contribution in [2.45, 2.75) is 31.3 Å². The third-order valence-corrected chi connectivity index (χ3v) is 6.91. The molecular formula is C23H29Cl4N3O. The summed E-state index contributed by atoms with van der Waals surface area (Å²) in [5.74, 6) is 0.166. The fraction of sp³-hybridized carbons (Fsp3) is 0.435. The van der Waals surface area contributed by atoms with Gasteiger partial charge < -0.3 is 10.2 Å². The quantitative estimate of drug-likeness (QED) is 0.649. The molecule has 0 unspecified atom stereocenters. The molecule has 31 heavy (non-hydrogen) atoms. The van der Waals surface area contributed by atoms with E-state index >= 15 is 0 Å². The standard InChI is InChI=1S/C23H27Cl2N3O.2ClH/c1-16(19-11-20(24)13-21(25)12-19)27(2)22(29)23(28-9-7-26-8-10-28)14-17-5-3-4-6-18(17)15-23;;/h3-6,11-13,16,26H,7-10,14-15H2,1-2H3;2*1H/t16-;;/m0../s1. The van der Waals surface area contributed by atoms with E-state index in [1.807, 2.05) is 31.0 Å². The number of fused-ring (bicyclic) bond motifs is 1. The van der Waals surface area contributed by atoms with Gasteiger partial charge in [-0.2, -0.15) is 0 Å². The van der Waals surface area contributed by atoms with Gasteiger partial charge in [0, 0.05) is 56.1 Å². The lowest BCUT2D eigenvalue weighted by atomic mass is 9.89. The molecule has 1 aliphatic carbocycles. The molecule has 2 aliphatic rings. The first-order valence-electron chi connectivity index (χ1n) is 10.2. The summed E-state index contributed by atoms with van der Waals surface area (Å²) in [5, 5.41) is 4.59. The molecular weight excluding hydrogens is 476 g/mol. The number of carbonyl (C=O) groups is 1. The molecule has 1 saturated heterocycles. The van der Waals surface area contributed by atoms with Crippen LogP contribution in [0.5, 0.6) is 0 Å². The fourth-order valence-corrected chi connectivity index (χ4v) is 5.29. The lowest BCUT2D eigenvalue weighted by Crippen LogP contribution is -2.64. The molecule has 170 valence electrons. The summed E-state index contributed by atoms with van der Waals surface area (Å²) in [5.41, 5.74) is 2.98. The van der Waals surface area contributed by atoms with Crippen LogP contribution in [0.1, 0.15) is 29.7 Å². The molecule has 1 amide bonds. The molecule has 0 spiro atoms. The molecule has 4 nitrogen and oxygen atoms in total. The van der Waals surface area contributed by atoms with Crippen LogP contribution in [0.25, 0.3) is 0 Å². The number of rotatable bonds is 4. The molecule has 0 radical (unpaired) electrons. The minimum absolute atomic E-state index is 0. The van der Waals surface area contributed by atoms with Gasteiger partial charge in [-0.05, 0) is 41.8 Å². The Hall–Kier alpha value is -1.01. The van der Waals surface area contributed by atoms with Crippen LogP contribution >= 0.6 is 48.0 Å². The Balaban J connectivity index is 0.00000171. The molecule has 8 heteroatoms. The van der Waals surface area contributed by atoms with Gasteiger partial charge in [0.05, 0.1) is 6.04 Å². The number of amides is 1. The Morgan fingerprint density at radius 3 is 2.06 bits per heavy atom. The highest BCUT2D eigenvalue weighted by atomic mass is 35.5. The molecule has 1 N–H and O–H groups in total. The van der Waals surface area contributed by atoms with Crippen molar-refractivity contribution in [1.82, 2.24) is 15.1 Å². The first kappa shape index (κ1) is 26.2. The zero-order chi connectivity index (χ0) is 20.6. The number of nitrogens with one attached hydrogen (secondary N) is 1. The number of likely N-dealkylation sites (N-methyl/N-ethyl adjacent to an activating group) is 1. The largest absolute Gasteiger partial charge is 0.337 e. The molecule has 1 aliphatic heterocycles. The summed E-state index contributed by atoms with van der Waals surface area (Å²) in [7, 11) is 1.90. The highest BCUT2D eigenvalue weighted by molar-refractivity contribution is 6.34. The molecule has 0 aromatic heterocycles. The van der Waals surface area contributed by atoms with Crippen LogP contribution in [0.2, 0.25) is 10.0 Å². The number of piperazine rings is 1. The first-order chi connectivity index (χ1) is 13.9. The van der Waals surface area contributed by atoms with Gasteiger partial charge in [0.15, 0.2) is 0 Å². The van der Waals surface area contributed by atoms with E-state index in [2.05, 4.69) is 34.5 Å². The zero-order valence-corrected chi connectivity index (χ0v) is 20.9. The van der Waals surface area contributed by atoms with E-state index in [4.69, 9.17) is 23.2 Å². The predicted octanol–water partition coefficient (Wildman–Crippen LogP) is 4.80. The third-order valence-electron chi connectivity index (χ3n) is 6.47. The van der Waals surface area contributed by atoms with Crippen molar-refractivity contribution in [3.05, 3.63) is 69.2 Å². The Bertz CT molecular complexity index is 872. The zero-order valence-electron chi connectivity index (χ0n) is 17.7. The second-order valence-electron chi connectivity index (χ2n) is 8.19. The average Bonchev–Trinajstić information content (AvgIpc) is 3.13. The molecule has 4 rings (SSSR count). The van der Waals surface area contributed by atoms with E-state index < -0.39 is 5.54 Å². The minimum Gasteiger partial charge on any atom is -0.337 e. The summed E-state index contributed by atoms with van der Waals surface area (Å²) >= 11 is 12.4. The van der Waals surface area contributed by atoms with E-state index in [-0.39, 0.29) is 36.8 Å². The van der Waals surface area contributed by atoms with Crippen LogP contribution in [0.3, 0.4) is 0 Å². The first-order valence-corrected chi connectivity index (χ1v) is 10.9. The molecule has 1 heterocycles. The number of hydrogen-bond donors (Lipinski definition) is 1.